The van der Waals surface area contributed by atoms with Crippen molar-refractivity contribution in [3.8, 4) is 0 Å². The topological polar surface area (TPSA) is 69.6 Å². The maximum atomic E-state index is 11.9. The third-order valence-corrected chi connectivity index (χ3v) is 2.64. The average molecular weight is 250 g/mol. The molecule has 1 aromatic rings. The van der Waals surface area contributed by atoms with Crippen molar-refractivity contribution < 1.29 is 14.7 Å². The number of nitrogens with one attached hydrogen (secondary N) is 1. The number of benzene rings is 1. The van der Waals surface area contributed by atoms with Crippen LogP contribution in [0.2, 0.25) is 0 Å². The Balaban J connectivity index is 2.84. The zero-order valence-electron chi connectivity index (χ0n) is 10.8. The summed E-state index contributed by atoms with van der Waals surface area (Å²) >= 11 is 0. The SMILES string of the molecule is CCC(NC(=O)c1cccc(N(C)C)c1)C(=O)O. The summed E-state index contributed by atoms with van der Waals surface area (Å²) in [5.74, 6) is -1.39. The number of carboxylic acid groups (broad SMARTS) is 1. The molecule has 0 radical (unpaired) electrons. The van der Waals surface area contributed by atoms with Crippen LogP contribution >= 0.6 is 0 Å². The van der Waals surface area contributed by atoms with Crippen LogP contribution in [0.3, 0.4) is 0 Å². The molecule has 2 N–H and O–H groups in total. The number of carbonyl (C=O) groups is 2. The monoisotopic (exact) mass is 250 g/mol. The van der Waals surface area contributed by atoms with Crippen LogP contribution in [0.25, 0.3) is 0 Å². The minimum absolute atomic E-state index is 0.356. The molecule has 1 unspecified atom stereocenters. The van der Waals surface area contributed by atoms with Crippen LogP contribution in [-0.2, 0) is 4.79 Å². The maximum absolute atomic E-state index is 11.9. The largest absolute Gasteiger partial charge is 0.480 e. The van der Waals surface area contributed by atoms with E-state index < -0.39 is 12.0 Å². The highest BCUT2D eigenvalue weighted by Crippen LogP contribution is 2.13. The predicted molar refractivity (Wildman–Crippen MR) is 70.0 cm³/mol. The van der Waals surface area contributed by atoms with E-state index in [2.05, 4.69) is 5.32 Å². The summed E-state index contributed by atoms with van der Waals surface area (Å²) in [6.45, 7) is 1.72. The standard InChI is InChI=1S/C13H18N2O3/c1-4-11(13(17)18)14-12(16)9-6-5-7-10(8-9)15(2)3/h5-8,11H,4H2,1-3H3,(H,14,16)(H,17,18). The first-order valence-electron chi connectivity index (χ1n) is 5.76. The Bertz CT molecular complexity index is 444. The molecule has 98 valence electrons. The number of carbonyl (C=O) groups excluding carboxylic acids is 1. The third kappa shape index (κ3) is 3.48. The minimum Gasteiger partial charge on any atom is -0.480 e. The van der Waals surface area contributed by atoms with E-state index in [1.165, 1.54) is 0 Å². The molecule has 18 heavy (non-hydrogen) atoms. The van der Waals surface area contributed by atoms with Gasteiger partial charge in [0, 0.05) is 25.3 Å². The summed E-state index contributed by atoms with van der Waals surface area (Å²) < 4.78 is 0. The Morgan fingerprint density at radius 1 is 1.39 bits per heavy atom. The molecule has 1 aromatic carbocycles. The normalized spacial score (nSPS) is 11.7. The third-order valence-electron chi connectivity index (χ3n) is 2.64. The van der Waals surface area contributed by atoms with Gasteiger partial charge in [-0.05, 0) is 24.6 Å². The van der Waals surface area contributed by atoms with Gasteiger partial charge in [-0.1, -0.05) is 13.0 Å². The smallest absolute Gasteiger partial charge is 0.326 e. The molecule has 0 bridgehead atoms. The van der Waals surface area contributed by atoms with Gasteiger partial charge in [-0.15, -0.1) is 0 Å². The van der Waals surface area contributed by atoms with Crippen molar-refractivity contribution in [3.63, 3.8) is 0 Å². The van der Waals surface area contributed by atoms with E-state index in [1.807, 2.05) is 25.1 Å². The highest BCUT2D eigenvalue weighted by Gasteiger charge is 2.18. The molecule has 5 nitrogen and oxygen atoms in total. The highest BCUT2D eigenvalue weighted by atomic mass is 16.4. The van der Waals surface area contributed by atoms with Crippen LogP contribution in [0.1, 0.15) is 23.7 Å². The number of amides is 1. The van der Waals surface area contributed by atoms with Crippen LogP contribution in [0, 0.1) is 0 Å². The Kier molecular flexibility index (Phi) is 4.71. The zero-order chi connectivity index (χ0) is 13.7. The number of nitrogens with zero attached hydrogens (tertiary/aromatic N) is 1. The minimum atomic E-state index is -1.02. The molecule has 0 saturated carbocycles. The summed E-state index contributed by atoms with van der Waals surface area (Å²) in [4.78, 5) is 24.6. The van der Waals surface area contributed by atoms with Crippen LogP contribution in [-0.4, -0.2) is 37.1 Å². The van der Waals surface area contributed by atoms with Crippen LogP contribution in [0.15, 0.2) is 24.3 Å². The van der Waals surface area contributed by atoms with E-state index >= 15 is 0 Å². The van der Waals surface area contributed by atoms with Gasteiger partial charge in [0.25, 0.3) is 5.91 Å². The van der Waals surface area contributed by atoms with Gasteiger partial charge in [-0.3, -0.25) is 4.79 Å². The number of hydrogen-bond donors (Lipinski definition) is 2. The molecular formula is C13H18N2O3. The fourth-order valence-corrected chi connectivity index (χ4v) is 1.51. The van der Waals surface area contributed by atoms with Crippen molar-refractivity contribution in [2.45, 2.75) is 19.4 Å². The Morgan fingerprint density at radius 3 is 2.56 bits per heavy atom. The second-order valence-electron chi connectivity index (χ2n) is 4.22. The summed E-state index contributed by atoms with van der Waals surface area (Å²) in [5.41, 5.74) is 1.35. The van der Waals surface area contributed by atoms with Crippen LogP contribution in [0.4, 0.5) is 5.69 Å². The van der Waals surface area contributed by atoms with E-state index in [1.54, 1.807) is 25.1 Å². The molecule has 0 saturated heterocycles. The lowest BCUT2D eigenvalue weighted by Crippen LogP contribution is -2.40. The van der Waals surface area contributed by atoms with Gasteiger partial charge in [0.2, 0.25) is 0 Å². The first-order chi connectivity index (χ1) is 8.45. The molecular weight excluding hydrogens is 232 g/mol. The number of anilines is 1. The van der Waals surface area contributed by atoms with Crippen molar-refractivity contribution in [2.24, 2.45) is 0 Å². The van der Waals surface area contributed by atoms with Gasteiger partial charge < -0.3 is 15.3 Å². The molecule has 0 fully saturated rings. The molecule has 0 aliphatic rings. The maximum Gasteiger partial charge on any atom is 0.326 e. The Morgan fingerprint density at radius 2 is 2.06 bits per heavy atom. The molecule has 1 amide bonds. The van der Waals surface area contributed by atoms with Crippen molar-refractivity contribution in [1.82, 2.24) is 5.32 Å². The first kappa shape index (κ1) is 14.0. The van der Waals surface area contributed by atoms with E-state index in [4.69, 9.17) is 5.11 Å². The quantitative estimate of drug-likeness (QED) is 0.827. The Labute approximate surface area is 106 Å². The summed E-state index contributed by atoms with van der Waals surface area (Å²) in [5, 5.41) is 11.4. The van der Waals surface area contributed by atoms with Gasteiger partial charge >= 0.3 is 5.97 Å². The van der Waals surface area contributed by atoms with Crippen LogP contribution < -0.4 is 10.2 Å². The van der Waals surface area contributed by atoms with Crippen molar-refractivity contribution in [2.75, 3.05) is 19.0 Å². The summed E-state index contributed by atoms with van der Waals surface area (Å²) in [7, 11) is 3.76. The van der Waals surface area contributed by atoms with Gasteiger partial charge in [0.05, 0.1) is 0 Å². The zero-order valence-corrected chi connectivity index (χ0v) is 10.8. The number of aliphatic carboxylic acids is 1. The predicted octanol–water partition coefficient (Wildman–Crippen LogP) is 1.35. The molecule has 5 heteroatoms. The average Bonchev–Trinajstić information content (AvgIpc) is 2.35. The summed E-state index contributed by atoms with van der Waals surface area (Å²) in [6, 6.07) is 6.19. The number of hydrogen-bond acceptors (Lipinski definition) is 3. The van der Waals surface area contributed by atoms with E-state index in [0.29, 0.717) is 12.0 Å². The lowest BCUT2D eigenvalue weighted by Gasteiger charge is -2.15. The van der Waals surface area contributed by atoms with Gasteiger partial charge in [-0.2, -0.15) is 0 Å². The lowest BCUT2D eigenvalue weighted by atomic mass is 10.1. The number of carboxylic acids is 1. The van der Waals surface area contributed by atoms with E-state index in [9.17, 15) is 9.59 Å². The molecule has 0 aliphatic heterocycles. The van der Waals surface area contributed by atoms with E-state index in [0.717, 1.165) is 5.69 Å². The molecule has 1 rings (SSSR count). The van der Waals surface area contributed by atoms with Crippen molar-refractivity contribution in [3.05, 3.63) is 29.8 Å². The first-order valence-corrected chi connectivity index (χ1v) is 5.76. The molecule has 0 aliphatic carbocycles. The van der Waals surface area contributed by atoms with Crippen molar-refractivity contribution >= 4 is 17.6 Å². The molecule has 1 atom stereocenters. The fraction of sp³-hybridized carbons (Fsp3) is 0.385. The molecule has 0 aromatic heterocycles. The molecule has 0 heterocycles. The highest BCUT2D eigenvalue weighted by molar-refractivity contribution is 5.97. The van der Waals surface area contributed by atoms with E-state index in [-0.39, 0.29) is 5.91 Å². The van der Waals surface area contributed by atoms with Crippen molar-refractivity contribution in [1.29, 1.82) is 0 Å². The number of rotatable bonds is 5. The van der Waals surface area contributed by atoms with Gasteiger partial charge in [0.15, 0.2) is 0 Å². The summed E-state index contributed by atoms with van der Waals surface area (Å²) in [6.07, 6.45) is 0.356. The Hall–Kier alpha value is -2.04. The molecule has 0 spiro atoms. The second kappa shape index (κ2) is 6.05. The lowest BCUT2D eigenvalue weighted by molar-refractivity contribution is -0.139. The van der Waals surface area contributed by atoms with Gasteiger partial charge in [0.1, 0.15) is 6.04 Å². The van der Waals surface area contributed by atoms with Crippen LogP contribution in [0.5, 0.6) is 0 Å². The second-order valence-corrected chi connectivity index (χ2v) is 4.22. The van der Waals surface area contributed by atoms with Gasteiger partial charge in [-0.25, -0.2) is 4.79 Å². The fourth-order valence-electron chi connectivity index (χ4n) is 1.51.